The molecule has 0 fully saturated rings. The van der Waals surface area contributed by atoms with E-state index in [1.807, 2.05) is 6.92 Å². The molecule has 0 spiro atoms. The fourth-order valence-corrected chi connectivity index (χ4v) is 3.34. The Morgan fingerprint density at radius 2 is 1.91 bits per heavy atom. The van der Waals surface area contributed by atoms with E-state index < -0.39 is 10.9 Å². The Labute approximate surface area is 194 Å². The Morgan fingerprint density at radius 3 is 2.65 bits per heavy atom. The first kappa shape index (κ1) is 22.5. The largest absolute Gasteiger partial charge is 0.494 e. The number of Topliss-reactive ketones (excluding diaryl/α,β-unsaturated/α-hetero) is 1. The lowest BCUT2D eigenvalue weighted by atomic mass is 10.1. The van der Waals surface area contributed by atoms with Crippen molar-refractivity contribution in [2.45, 2.75) is 6.92 Å². The molecule has 9 nitrogen and oxygen atoms in total. The molecule has 3 aromatic rings. The molecular formula is C25H19NO8. The van der Waals surface area contributed by atoms with E-state index >= 15 is 0 Å². The van der Waals surface area contributed by atoms with Crippen LogP contribution in [0.3, 0.4) is 0 Å². The van der Waals surface area contributed by atoms with E-state index in [2.05, 4.69) is 0 Å². The number of nitro groups is 1. The van der Waals surface area contributed by atoms with Crippen LogP contribution in [0.15, 0.2) is 66.4 Å². The van der Waals surface area contributed by atoms with Crippen LogP contribution in [0.1, 0.15) is 33.2 Å². The van der Waals surface area contributed by atoms with Gasteiger partial charge in [0.15, 0.2) is 17.3 Å². The number of carbonyl (C=O) groups is 2. The van der Waals surface area contributed by atoms with E-state index in [-0.39, 0.29) is 34.3 Å². The van der Waals surface area contributed by atoms with Gasteiger partial charge in [0.2, 0.25) is 5.78 Å². The van der Waals surface area contributed by atoms with Crippen LogP contribution in [0.5, 0.6) is 23.0 Å². The van der Waals surface area contributed by atoms with Crippen LogP contribution in [-0.2, 0) is 0 Å². The quantitative estimate of drug-likeness (QED) is 0.161. The normalized spacial score (nSPS) is 13.2. The third kappa shape index (κ3) is 4.58. The van der Waals surface area contributed by atoms with Gasteiger partial charge in [-0.05, 0) is 48.9 Å². The Morgan fingerprint density at radius 1 is 1.09 bits per heavy atom. The van der Waals surface area contributed by atoms with Crippen LogP contribution in [0.2, 0.25) is 0 Å². The topological polar surface area (TPSA) is 114 Å². The number of ether oxygens (including phenoxy) is 4. The summed E-state index contributed by atoms with van der Waals surface area (Å²) in [6.07, 6.45) is 1.55. The van der Waals surface area contributed by atoms with Gasteiger partial charge in [0, 0.05) is 18.2 Å². The van der Waals surface area contributed by atoms with Crippen LogP contribution >= 0.6 is 0 Å². The Hall–Kier alpha value is -4.66. The van der Waals surface area contributed by atoms with E-state index in [1.165, 1.54) is 31.4 Å². The van der Waals surface area contributed by atoms with Gasteiger partial charge >= 0.3 is 5.97 Å². The first-order valence-electron chi connectivity index (χ1n) is 10.3. The van der Waals surface area contributed by atoms with Gasteiger partial charge in [-0.15, -0.1) is 0 Å². The molecule has 172 valence electrons. The summed E-state index contributed by atoms with van der Waals surface area (Å²) >= 11 is 0. The summed E-state index contributed by atoms with van der Waals surface area (Å²) in [5.41, 5.74) is 0.813. The molecule has 0 unspecified atom stereocenters. The highest BCUT2D eigenvalue weighted by Crippen LogP contribution is 2.36. The lowest BCUT2D eigenvalue weighted by molar-refractivity contribution is -0.384. The number of carbonyl (C=O) groups excluding carboxylic acids is 2. The number of benzene rings is 3. The highest BCUT2D eigenvalue weighted by atomic mass is 16.6. The molecule has 0 aromatic heterocycles. The van der Waals surface area contributed by atoms with Gasteiger partial charge in [-0.3, -0.25) is 14.9 Å². The Kier molecular flexibility index (Phi) is 6.26. The van der Waals surface area contributed by atoms with Crippen molar-refractivity contribution in [1.82, 2.24) is 0 Å². The highest BCUT2D eigenvalue weighted by Gasteiger charge is 2.28. The van der Waals surface area contributed by atoms with Crippen molar-refractivity contribution < 1.29 is 33.5 Å². The number of methoxy groups -OCH3 is 1. The zero-order valence-electron chi connectivity index (χ0n) is 18.3. The molecule has 4 rings (SSSR count). The molecule has 0 bridgehead atoms. The summed E-state index contributed by atoms with van der Waals surface area (Å²) in [7, 11) is 1.40. The lowest BCUT2D eigenvalue weighted by Crippen LogP contribution is -2.09. The second-order valence-electron chi connectivity index (χ2n) is 7.14. The molecule has 1 aliphatic heterocycles. The van der Waals surface area contributed by atoms with Crippen molar-refractivity contribution in [3.63, 3.8) is 0 Å². The van der Waals surface area contributed by atoms with Crippen molar-refractivity contribution in [3.8, 4) is 23.0 Å². The molecule has 0 radical (unpaired) electrons. The zero-order chi connectivity index (χ0) is 24.2. The molecule has 3 aromatic carbocycles. The summed E-state index contributed by atoms with van der Waals surface area (Å²) in [5, 5.41) is 10.9. The molecule has 0 aliphatic carbocycles. The Balaban J connectivity index is 1.55. The van der Waals surface area contributed by atoms with Gasteiger partial charge in [-0.2, -0.15) is 0 Å². The molecule has 0 saturated heterocycles. The SMILES string of the molecule is CCOc1ccc2c(c1)O/C(=C\c1ccc(OC(=O)c3cccc([N+](=O)[O-])c3)c(OC)c1)C2=O. The van der Waals surface area contributed by atoms with Crippen LogP contribution in [-0.4, -0.2) is 30.4 Å². The predicted octanol–water partition coefficient (Wildman–Crippen LogP) is 4.84. The van der Waals surface area contributed by atoms with Crippen molar-refractivity contribution in [2.75, 3.05) is 13.7 Å². The summed E-state index contributed by atoms with van der Waals surface area (Å²) in [4.78, 5) is 35.5. The number of nitro benzene ring substituents is 1. The zero-order valence-corrected chi connectivity index (χ0v) is 18.3. The van der Waals surface area contributed by atoms with E-state index in [1.54, 1.807) is 36.4 Å². The summed E-state index contributed by atoms with van der Waals surface area (Å²) in [6, 6.07) is 14.9. The number of nitrogens with zero attached hydrogens (tertiary/aromatic N) is 1. The minimum absolute atomic E-state index is 0.0246. The monoisotopic (exact) mass is 461 g/mol. The fraction of sp³-hybridized carbons (Fsp3) is 0.120. The summed E-state index contributed by atoms with van der Waals surface area (Å²) in [5.74, 6) is 0.455. The third-order valence-corrected chi connectivity index (χ3v) is 4.93. The molecule has 0 amide bonds. The van der Waals surface area contributed by atoms with Crippen molar-refractivity contribution in [2.24, 2.45) is 0 Å². The smallest absolute Gasteiger partial charge is 0.343 e. The number of hydrogen-bond acceptors (Lipinski definition) is 8. The van der Waals surface area contributed by atoms with Crippen LogP contribution < -0.4 is 18.9 Å². The number of rotatable bonds is 7. The van der Waals surface area contributed by atoms with Gasteiger partial charge in [0.05, 0.1) is 29.8 Å². The van der Waals surface area contributed by atoms with Gasteiger partial charge in [0.1, 0.15) is 11.5 Å². The first-order chi connectivity index (χ1) is 16.4. The summed E-state index contributed by atoms with van der Waals surface area (Å²) in [6.45, 7) is 2.36. The maximum atomic E-state index is 12.7. The van der Waals surface area contributed by atoms with Crippen molar-refractivity contribution >= 4 is 23.5 Å². The lowest BCUT2D eigenvalue weighted by Gasteiger charge is -2.10. The number of ketones is 1. The standard InChI is InChI=1S/C25H19NO8/c1-3-32-18-8-9-19-21(14-18)33-23(24(19)27)12-15-7-10-20(22(11-15)31-2)34-25(28)16-5-4-6-17(13-16)26(29)30/h4-14H,3H2,1-2H3/b23-12-. The Bertz CT molecular complexity index is 1330. The average molecular weight is 461 g/mol. The molecule has 0 N–H and O–H groups in total. The van der Waals surface area contributed by atoms with Crippen LogP contribution in [0, 0.1) is 10.1 Å². The van der Waals surface area contributed by atoms with E-state index in [0.29, 0.717) is 29.2 Å². The molecular weight excluding hydrogens is 442 g/mol. The third-order valence-electron chi connectivity index (χ3n) is 4.93. The second-order valence-corrected chi connectivity index (χ2v) is 7.14. The number of fused-ring (bicyclic) bond motifs is 1. The number of non-ortho nitro benzene ring substituents is 1. The van der Waals surface area contributed by atoms with E-state index in [9.17, 15) is 19.7 Å². The van der Waals surface area contributed by atoms with E-state index in [0.717, 1.165) is 6.07 Å². The molecule has 9 heteroatoms. The maximum absolute atomic E-state index is 12.7. The van der Waals surface area contributed by atoms with Gasteiger partial charge in [-0.25, -0.2) is 4.79 Å². The first-order valence-corrected chi connectivity index (χ1v) is 10.3. The van der Waals surface area contributed by atoms with Gasteiger partial charge < -0.3 is 18.9 Å². The van der Waals surface area contributed by atoms with Gasteiger partial charge in [0.25, 0.3) is 5.69 Å². The van der Waals surface area contributed by atoms with Crippen molar-refractivity contribution in [1.29, 1.82) is 0 Å². The van der Waals surface area contributed by atoms with Crippen LogP contribution in [0.25, 0.3) is 6.08 Å². The molecule has 1 aliphatic rings. The average Bonchev–Trinajstić information content (AvgIpc) is 3.14. The maximum Gasteiger partial charge on any atom is 0.343 e. The number of hydrogen-bond donors (Lipinski definition) is 0. The molecule has 0 atom stereocenters. The van der Waals surface area contributed by atoms with E-state index in [4.69, 9.17) is 18.9 Å². The van der Waals surface area contributed by atoms with Gasteiger partial charge in [-0.1, -0.05) is 12.1 Å². The van der Waals surface area contributed by atoms with Crippen LogP contribution in [0.4, 0.5) is 5.69 Å². The summed E-state index contributed by atoms with van der Waals surface area (Å²) < 4.78 is 21.9. The number of esters is 1. The number of allylic oxidation sites excluding steroid dienone is 1. The molecule has 34 heavy (non-hydrogen) atoms. The van der Waals surface area contributed by atoms with Crippen molar-refractivity contribution in [3.05, 3.63) is 93.2 Å². The fourth-order valence-electron chi connectivity index (χ4n) is 3.34. The molecule has 0 saturated carbocycles. The second kappa shape index (κ2) is 9.45. The highest BCUT2D eigenvalue weighted by molar-refractivity contribution is 6.14. The molecule has 1 heterocycles. The predicted molar refractivity (Wildman–Crippen MR) is 122 cm³/mol. The minimum atomic E-state index is -0.775. The minimum Gasteiger partial charge on any atom is -0.494 e.